The predicted octanol–water partition coefficient (Wildman–Crippen LogP) is 0.975. The van der Waals surface area contributed by atoms with E-state index in [4.69, 9.17) is 9.47 Å². The molecule has 1 aliphatic rings. The molecule has 86 valence electrons. The maximum Gasteiger partial charge on any atom is 0.177 e. The molecule has 1 rings (SSSR count). The summed E-state index contributed by atoms with van der Waals surface area (Å²) in [4.78, 5) is 23.7. The summed E-state index contributed by atoms with van der Waals surface area (Å²) in [6.07, 6.45) is 0. The first-order valence-corrected chi connectivity index (χ1v) is 4.98. The Balaban J connectivity index is 2.97. The van der Waals surface area contributed by atoms with Crippen LogP contribution >= 0.6 is 0 Å². The summed E-state index contributed by atoms with van der Waals surface area (Å²) in [6, 6.07) is 0. The third kappa shape index (κ3) is 2.11. The van der Waals surface area contributed by atoms with Gasteiger partial charge in [-0.15, -0.1) is 0 Å². The minimum absolute atomic E-state index is 0.0424. The van der Waals surface area contributed by atoms with E-state index in [2.05, 4.69) is 0 Å². The van der Waals surface area contributed by atoms with Gasteiger partial charge in [0.1, 0.15) is 18.1 Å². The van der Waals surface area contributed by atoms with Crippen molar-refractivity contribution in [2.24, 2.45) is 5.92 Å². The van der Waals surface area contributed by atoms with Crippen LogP contribution in [0, 0.1) is 5.92 Å². The maximum absolute atomic E-state index is 12.0. The maximum atomic E-state index is 12.0. The van der Waals surface area contributed by atoms with Crippen LogP contribution < -0.4 is 0 Å². The zero-order valence-corrected chi connectivity index (χ0v) is 9.92. The van der Waals surface area contributed by atoms with Crippen LogP contribution in [0.15, 0.2) is 0 Å². The van der Waals surface area contributed by atoms with Crippen molar-refractivity contribution in [1.29, 1.82) is 0 Å². The fourth-order valence-electron chi connectivity index (χ4n) is 2.19. The second-order valence-corrected chi connectivity index (χ2v) is 4.91. The Labute approximate surface area is 89.9 Å². The number of hydrogen-bond donors (Lipinski definition) is 0. The van der Waals surface area contributed by atoms with Gasteiger partial charge in [0.05, 0.1) is 5.60 Å². The van der Waals surface area contributed by atoms with Gasteiger partial charge in [0.25, 0.3) is 0 Å². The standard InChI is InChI=1S/C11H18O4/c1-10(2)8(7(12)6-14-5)9(13)11(3,4)15-10/h8H,6H2,1-5H3. The second-order valence-electron chi connectivity index (χ2n) is 4.91. The molecule has 4 heteroatoms. The first-order chi connectivity index (χ1) is 6.72. The SMILES string of the molecule is COCC(=O)C1C(=O)C(C)(C)OC1(C)C. The quantitative estimate of drug-likeness (QED) is 0.657. The second kappa shape index (κ2) is 3.68. The molecule has 15 heavy (non-hydrogen) atoms. The number of methoxy groups -OCH3 is 1. The number of carbonyl (C=O) groups is 2. The van der Waals surface area contributed by atoms with Gasteiger partial charge in [0.2, 0.25) is 0 Å². The lowest BCUT2D eigenvalue weighted by Gasteiger charge is -2.24. The first-order valence-electron chi connectivity index (χ1n) is 4.98. The molecule has 0 aliphatic carbocycles. The number of ketones is 2. The zero-order valence-electron chi connectivity index (χ0n) is 9.92. The van der Waals surface area contributed by atoms with E-state index < -0.39 is 17.1 Å². The largest absolute Gasteiger partial charge is 0.377 e. The van der Waals surface area contributed by atoms with Gasteiger partial charge in [-0.2, -0.15) is 0 Å². The highest BCUT2D eigenvalue weighted by Crippen LogP contribution is 2.39. The van der Waals surface area contributed by atoms with Crippen molar-refractivity contribution in [2.45, 2.75) is 38.9 Å². The molecule has 0 bridgehead atoms. The molecule has 0 spiro atoms. The van der Waals surface area contributed by atoms with Crippen molar-refractivity contribution in [3.63, 3.8) is 0 Å². The van der Waals surface area contributed by atoms with Gasteiger partial charge >= 0.3 is 0 Å². The monoisotopic (exact) mass is 214 g/mol. The van der Waals surface area contributed by atoms with E-state index in [0.29, 0.717) is 0 Å². The molecule has 1 unspecified atom stereocenters. The van der Waals surface area contributed by atoms with E-state index in [9.17, 15) is 9.59 Å². The lowest BCUT2D eigenvalue weighted by molar-refractivity contribution is -0.135. The van der Waals surface area contributed by atoms with Gasteiger partial charge in [0, 0.05) is 7.11 Å². The van der Waals surface area contributed by atoms with Crippen LogP contribution in [0.4, 0.5) is 0 Å². The molecule has 0 aromatic heterocycles. The molecule has 0 N–H and O–H groups in total. The average molecular weight is 214 g/mol. The Morgan fingerprint density at radius 3 is 2.27 bits per heavy atom. The highest BCUT2D eigenvalue weighted by Gasteiger charge is 2.56. The number of hydrogen-bond acceptors (Lipinski definition) is 4. The molecule has 4 nitrogen and oxygen atoms in total. The molecular weight excluding hydrogens is 196 g/mol. The summed E-state index contributed by atoms with van der Waals surface area (Å²) in [6.45, 7) is 6.86. The summed E-state index contributed by atoms with van der Waals surface area (Å²) < 4.78 is 10.4. The van der Waals surface area contributed by atoms with Crippen molar-refractivity contribution in [3.05, 3.63) is 0 Å². The Bertz CT molecular complexity index is 291. The smallest absolute Gasteiger partial charge is 0.177 e. The fourth-order valence-corrected chi connectivity index (χ4v) is 2.19. The lowest BCUT2D eigenvalue weighted by Crippen LogP contribution is -2.38. The minimum Gasteiger partial charge on any atom is -0.377 e. The lowest BCUT2D eigenvalue weighted by atomic mass is 9.83. The van der Waals surface area contributed by atoms with Gasteiger partial charge in [0.15, 0.2) is 11.6 Å². The van der Waals surface area contributed by atoms with Crippen LogP contribution in [0.3, 0.4) is 0 Å². The van der Waals surface area contributed by atoms with Crippen LogP contribution in [0.25, 0.3) is 0 Å². The normalized spacial score (nSPS) is 28.1. The van der Waals surface area contributed by atoms with Crippen molar-refractivity contribution in [1.82, 2.24) is 0 Å². The summed E-state index contributed by atoms with van der Waals surface area (Å²) in [5.74, 6) is -1.08. The number of carbonyl (C=O) groups excluding carboxylic acids is 2. The van der Waals surface area contributed by atoms with Crippen LogP contribution in [0.1, 0.15) is 27.7 Å². The van der Waals surface area contributed by atoms with E-state index in [1.807, 2.05) is 0 Å². The van der Waals surface area contributed by atoms with Crippen molar-refractivity contribution in [2.75, 3.05) is 13.7 Å². The van der Waals surface area contributed by atoms with Gasteiger partial charge < -0.3 is 9.47 Å². The van der Waals surface area contributed by atoms with Crippen molar-refractivity contribution < 1.29 is 19.1 Å². The molecule has 1 heterocycles. The highest BCUT2D eigenvalue weighted by molar-refractivity contribution is 6.08. The molecule has 0 amide bonds. The Morgan fingerprint density at radius 2 is 1.93 bits per heavy atom. The number of ether oxygens (including phenoxy) is 2. The van der Waals surface area contributed by atoms with E-state index >= 15 is 0 Å². The van der Waals surface area contributed by atoms with E-state index in [1.54, 1.807) is 27.7 Å². The molecule has 1 atom stereocenters. The van der Waals surface area contributed by atoms with Gasteiger partial charge in [-0.25, -0.2) is 0 Å². The Morgan fingerprint density at radius 1 is 1.40 bits per heavy atom. The van der Waals surface area contributed by atoms with E-state index in [-0.39, 0.29) is 18.2 Å². The summed E-state index contributed by atoms with van der Waals surface area (Å²) in [7, 11) is 1.44. The Kier molecular flexibility index (Phi) is 3.03. The number of Topliss-reactive ketones (excluding diaryl/α,β-unsaturated/α-hetero) is 2. The molecule has 0 aromatic rings. The van der Waals surface area contributed by atoms with E-state index in [1.165, 1.54) is 7.11 Å². The van der Waals surface area contributed by atoms with Gasteiger partial charge in [-0.1, -0.05) is 0 Å². The minimum atomic E-state index is -0.877. The molecular formula is C11H18O4. The van der Waals surface area contributed by atoms with Crippen molar-refractivity contribution in [3.8, 4) is 0 Å². The number of rotatable bonds is 3. The highest BCUT2D eigenvalue weighted by atomic mass is 16.5. The molecule has 1 fully saturated rings. The zero-order chi connectivity index (χ0) is 11.9. The molecule has 0 aromatic carbocycles. The average Bonchev–Trinajstić information content (AvgIpc) is 2.16. The molecule has 1 aliphatic heterocycles. The van der Waals surface area contributed by atoms with Gasteiger partial charge in [-0.05, 0) is 27.7 Å². The van der Waals surface area contributed by atoms with Crippen molar-refractivity contribution >= 4 is 11.6 Å². The Hall–Kier alpha value is -0.740. The summed E-state index contributed by atoms with van der Waals surface area (Å²) in [5.41, 5.74) is -1.62. The molecule has 1 saturated heterocycles. The van der Waals surface area contributed by atoms with Crippen LogP contribution in [-0.2, 0) is 19.1 Å². The van der Waals surface area contributed by atoms with E-state index in [0.717, 1.165) is 0 Å². The summed E-state index contributed by atoms with van der Waals surface area (Å²) in [5, 5.41) is 0. The fraction of sp³-hybridized carbons (Fsp3) is 0.818. The van der Waals surface area contributed by atoms with Crippen LogP contribution in [-0.4, -0.2) is 36.5 Å². The van der Waals surface area contributed by atoms with Crippen LogP contribution in [0.2, 0.25) is 0 Å². The third-order valence-electron chi connectivity index (χ3n) is 2.68. The molecule has 0 radical (unpaired) electrons. The van der Waals surface area contributed by atoms with Gasteiger partial charge in [-0.3, -0.25) is 9.59 Å². The summed E-state index contributed by atoms with van der Waals surface area (Å²) >= 11 is 0. The predicted molar refractivity (Wildman–Crippen MR) is 54.6 cm³/mol. The molecule has 0 saturated carbocycles. The van der Waals surface area contributed by atoms with Crippen LogP contribution in [0.5, 0.6) is 0 Å². The third-order valence-corrected chi connectivity index (χ3v) is 2.68. The topological polar surface area (TPSA) is 52.6 Å². The first kappa shape index (κ1) is 12.3.